The van der Waals surface area contributed by atoms with Crippen molar-refractivity contribution in [2.75, 3.05) is 19.8 Å². The van der Waals surface area contributed by atoms with Crippen LogP contribution < -0.4 is 4.72 Å². The van der Waals surface area contributed by atoms with Crippen LogP contribution in [0.25, 0.3) is 0 Å². The van der Waals surface area contributed by atoms with E-state index in [0.29, 0.717) is 37.7 Å². The minimum atomic E-state index is -3.53. The van der Waals surface area contributed by atoms with Crippen molar-refractivity contribution < 1.29 is 18.3 Å². The van der Waals surface area contributed by atoms with Gasteiger partial charge in [-0.05, 0) is 42.5 Å². The van der Waals surface area contributed by atoms with E-state index in [1.54, 1.807) is 12.1 Å². The molecule has 0 bridgehead atoms. The van der Waals surface area contributed by atoms with Crippen molar-refractivity contribution in [3.63, 3.8) is 0 Å². The highest BCUT2D eigenvalue weighted by Crippen LogP contribution is 2.15. The highest BCUT2D eigenvalue weighted by Gasteiger charge is 2.14. The van der Waals surface area contributed by atoms with Gasteiger partial charge in [-0.3, -0.25) is 0 Å². The zero-order valence-electron chi connectivity index (χ0n) is 12.9. The van der Waals surface area contributed by atoms with Crippen LogP contribution >= 0.6 is 0 Å². The van der Waals surface area contributed by atoms with Gasteiger partial charge in [-0.15, -0.1) is 0 Å². The molecule has 0 atom stereocenters. The average Bonchev–Trinajstić information content (AvgIpc) is 2.42. The van der Waals surface area contributed by atoms with Crippen molar-refractivity contribution in [3.05, 3.63) is 29.3 Å². The summed E-state index contributed by atoms with van der Waals surface area (Å²) in [7, 11) is -3.53. The molecule has 0 aromatic heterocycles. The van der Waals surface area contributed by atoms with E-state index in [2.05, 4.69) is 18.6 Å². The molecule has 0 saturated carbocycles. The van der Waals surface area contributed by atoms with Gasteiger partial charge < -0.3 is 9.84 Å². The van der Waals surface area contributed by atoms with Gasteiger partial charge in [0.25, 0.3) is 0 Å². The number of hydrogen-bond acceptors (Lipinski definition) is 4. The molecule has 0 saturated heterocycles. The highest BCUT2D eigenvalue weighted by atomic mass is 32.2. The smallest absolute Gasteiger partial charge is 0.240 e. The number of benzene rings is 1. The SMILES string of the molecule is Cc1ccc(S(=O)(=O)NCCCOCC(C)C)cc1CO. The van der Waals surface area contributed by atoms with Crippen molar-refractivity contribution in [3.8, 4) is 0 Å². The second kappa shape index (κ2) is 8.48. The summed E-state index contributed by atoms with van der Waals surface area (Å²) >= 11 is 0. The standard InChI is InChI=1S/C15H25NO4S/c1-12(2)11-20-8-4-7-16-21(18,19)15-6-5-13(3)14(9-15)10-17/h5-6,9,12,16-17H,4,7-8,10-11H2,1-3H3. The number of aliphatic hydroxyl groups is 1. The number of aryl methyl sites for hydroxylation is 1. The quantitative estimate of drug-likeness (QED) is 0.682. The molecule has 6 heteroatoms. The molecule has 0 aliphatic carbocycles. The number of aliphatic hydroxyl groups excluding tert-OH is 1. The van der Waals surface area contributed by atoms with E-state index in [4.69, 9.17) is 4.74 Å². The van der Waals surface area contributed by atoms with Gasteiger partial charge in [-0.1, -0.05) is 19.9 Å². The van der Waals surface area contributed by atoms with Crippen molar-refractivity contribution >= 4 is 10.0 Å². The predicted octanol–water partition coefficient (Wildman–Crippen LogP) is 1.83. The molecular formula is C15H25NO4S. The summed E-state index contributed by atoms with van der Waals surface area (Å²) in [5, 5.41) is 9.19. The van der Waals surface area contributed by atoms with Crippen molar-refractivity contribution in [2.45, 2.75) is 38.7 Å². The first-order valence-corrected chi connectivity index (χ1v) is 8.63. The van der Waals surface area contributed by atoms with Crippen LogP contribution in [0.2, 0.25) is 0 Å². The Morgan fingerprint density at radius 3 is 2.67 bits per heavy atom. The number of rotatable bonds is 9. The van der Waals surface area contributed by atoms with E-state index in [1.165, 1.54) is 6.07 Å². The molecule has 5 nitrogen and oxygen atoms in total. The lowest BCUT2D eigenvalue weighted by Crippen LogP contribution is -2.26. The summed E-state index contributed by atoms with van der Waals surface area (Å²) in [6.07, 6.45) is 0.630. The molecule has 2 N–H and O–H groups in total. The lowest BCUT2D eigenvalue weighted by atomic mass is 10.1. The second-order valence-electron chi connectivity index (χ2n) is 5.47. The molecule has 120 valence electrons. The van der Waals surface area contributed by atoms with Crippen LogP contribution in [-0.2, 0) is 21.4 Å². The van der Waals surface area contributed by atoms with E-state index in [9.17, 15) is 13.5 Å². The van der Waals surface area contributed by atoms with E-state index >= 15 is 0 Å². The minimum absolute atomic E-state index is 0.168. The maximum Gasteiger partial charge on any atom is 0.240 e. The summed E-state index contributed by atoms with van der Waals surface area (Å²) in [4.78, 5) is 0.181. The number of nitrogens with one attached hydrogen (secondary N) is 1. The summed E-state index contributed by atoms with van der Waals surface area (Å²) in [6.45, 7) is 7.36. The summed E-state index contributed by atoms with van der Waals surface area (Å²) < 4.78 is 32.2. The Bertz CT molecular complexity index is 541. The molecule has 1 aromatic rings. The van der Waals surface area contributed by atoms with E-state index < -0.39 is 10.0 Å². The Hall–Kier alpha value is -0.950. The molecule has 21 heavy (non-hydrogen) atoms. The Labute approximate surface area is 127 Å². The molecule has 0 radical (unpaired) electrons. The van der Waals surface area contributed by atoms with Gasteiger partial charge in [0.05, 0.1) is 11.5 Å². The van der Waals surface area contributed by atoms with Gasteiger partial charge >= 0.3 is 0 Å². The Kier molecular flexibility index (Phi) is 7.31. The molecule has 1 aromatic carbocycles. The first kappa shape index (κ1) is 18.1. The third-order valence-corrected chi connectivity index (χ3v) is 4.47. The van der Waals surface area contributed by atoms with Crippen molar-refractivity contribution in [2.24, 2.45) is 5.92 Å². The van der Waals surface area contributed by atoms with E-state index in [0.717, 1.165) is 5.56 Å². The Balaban J connectivity index is 2.50. The fourth-order valence-corrected chi connectivity index (χ4v) is 2.89. The van der Waals surface area contributed by atoms with Crippen LogP contribution in [0.5, 0.6) is 0 Å². The lowest BCUT2D eigenvalue weighted by Gasteiger charge is -2.10. The van der Waals surface area contributed by atoms with Gasteiger partial charge in [0, 0.05) is 19.8 Å². The van der Waals surface area contributed by atoms with Gasteiger partial charge in [0.2, 0.25) is 10.0 Å². The van der Waals surface area contributed by atoms with Crippen LogP contribution in [0.1, 0.15) is 31.4 Å². The van der Waals surface area contributed by atoms with Crippen LogP contribution in [0.3, 0.4) is 0 Å². The first-order valence-electron chi connectivity index (χ1n) is 7.14. The normalized spacial score (nSPS) is 12.0. The first-order chi connectivity index (χ1) is 9.86. The summed E-state index contributed by atoms with van der Waals surface area (Å²) in [6, 6.07) is 4.75. The molecule has 0 amide bonds. The summed E-state index contributed by atoms with van der Waals surface area (Å²) in [5.74, 6) is 0.478. The van der Waals surface area contributed by atoms with Gasteiger partial charge in [0.15, 0.2) is 0 Å². The minimum Gasteiger partial charge on any atom is -0.392 e. The predicted molar refractivity (Wildman–Crippen MR) is 82.6 cm³/mol. The Morgan fingerprint density at radius 2 is 2.05 bits per heavy atom. The molecular weight excluding hydrogens is 290 g/mol. The largest absolute Gasteiger partial charge is 0.392 e. The maximum atomic E-state index is 12.1. The molecule has 1 rings (SSSR count). The molecule has 0 unspecified atom stereocenters. The monoisotopic (exact) mass is 315 g/mol. The van der Waals surface area contributed by atoms with E-state index in [-0.39, 0.29) is 11.5 Å². The third-order valence-electron chi connectivity index (χ3n) is 3.01. The maximum absolute atomic E-state index is 12.1. The molecule has 0 spiro atoms. The topological polar surface area (TPSA) is 75.6 Å². The fraction of sp³-hybridized carbons (Fsp3) is 0.600. The molecule has 0 fully saturated rings. The van der Waals surface area contributed by atoms with Crippen LogP contribution in [0, 0.1) is 12.8 Å². The molecule has 0 aliphatic heterocycles. The van der Waals surface area contributed by atoms with Gasteiger partial charge in [-0.25, -0.2) is 13.1 Å². The zero-order chi connectivity index (χ0) is 15.9. The Morgan fingerprint density at radius 1 is 1.33 bits per heavy atom. The van der Waals surface area contributed by atoms with Gasteiger partial charge in [-0.2, -0.15) is 0 Å². The van der Waals surface area contributed by atoms with Crippen LogP contribution in [0.15, 0.2) is 23.1 Å². The van der Waals surface area contributed by atoms with Crippen LogP contribution in [-0.4, -0.2) is 33.3 Å². The highest BCUT2D eigenvalue weighted by molar-refractivity contribution is 7.89. The third kappa shape index (κ3) is 6.13. The van der Waals surface area contributed by atoms with Crippen molar-refractivity contribution in [1.82, 2.24) is 4.72 Å². The molecule has 0 aliphatic rings. The van der Waals surface area contributed by atoms with Gasteiger partial charge in [0.1, 0.15) is 0 Å². The lowest BCUT2D eigenvalue weighted by molar-refractivity contribution is 0.108. The second-order valence-corrected chi connectivity index (χ2v) is 7.23. The number of hydrogen-bond donors (Lipinski definition) is 2. The average molecular weight is 315 g/mol. The number of sulfonamides is 1. The zero-order valence-corrected chi connectivity index (χ0v) is 13.7. The summed E-state index contributed by atoms with van der Waals surface area (Å²) in [5.41, 5.74) is 1.50. The molecule has 0 heterocycles. The fourth-order valence-electron chi connectivity index (χ4n) is 1.77. The van der Waals surface area contributed by atoms with E-state index in [1.807, 2.05) is 6.92 Å². The van der Waals surface area contributed by atoms with Crippen LogP contribution in [0.4, 0.5) is 0 Å². The van der Waals surface area contributed by atoms with Crippen molar-refractivity contribution in [1.29, 1.82) is 0 Å². The number of ether oxygens (including phenoxy) is 1.